The van der Waals surface area contributed by atoms with Crippen molar-refractivity contribution in [1.29, 1.82) is 0 Å². The lowest BCUT2D eigenvalue weighted by Crippen LogP contribution is -2.01. The zero-order chi connectivity index (χ0) is 18.5. The second kappa shape index (κ2) is 7.96. The molecule has 0 atom stereocenters. The lowest BCUT2D eigenvalue weighted by molar-refractivity contribution is 0.299. The van der Waals surface area contributed by atoms with E-state index in [1.54, 1.807) is 14.2 Å². The number of methoxy groups -OCH3 is 2. The molecule has 0 fully saturated rings. The molecule has 0 amide bonds. The van der Waals surface area contributed by atoms with Crippen LogP contribution in [-0.4, -0.2) is 14.2 Å². The molecule has 3 nitrogen and oxygen atoms in total. The van der Waals surface area contributed by atoms with E-state index in [4.69, 9.17) is 14.2 Å². The monoisotopic (exact) mass is 348 g/mol. The second-order valence-electron chi connectivity index (χ2n) is 6.20. The molecule has 0 aromatic heterocycles. The highest BCUT2D eigenvalue weighted by atomic mass is 16.5. The van der Waals surface area contributed by atoms with Crippen molar-refractivity contribution in [2.45, 2.75) is 20.5 Å². The summed E-state index contributed by atoms with van der Waals surface area (Å²) < 4.78 is 16.9. The van der Waals surface area contributed by atoms with Crippen molar-refractivity contribution in [3.63, 3.8) is 0 Å². The number of benzene rings is 3. The molecule has 0 N–H and O–H groups in total. The molecule has 3 aromatic carbocycles. The Morgan fingerprint density at radius 3 is 2.00 bits per heavy atom. The van der Waals surface area contributed by atoms with Crippen LogP contribution in [0, 0.1) is 13.8 Å². The largest absolute Gasteiger partial charge is 0.496 e. The Kier molecular flexibility index (Phi) is 5.47. The smallest absolute Gasteiger partial charge is 0.129 e. The zero-order valence-corrected chi connectivity index (χ0v) is 15.7. The predicted molar refractivity (Wildman–Crippen MR) is 105 cm³/mol. The van der Waals surface area contributed by atoms with Crippen molar-refractivity contribution in [2.75, 3.05) is 14.2 Å². The molecule has 3 rings (SSSR count). The van der Waals surface area contributed by atoms with Crippen LogP contribution in [0.15, 0.2) is 60.7 Å². The van der Waals surface area contributed by atoms with Crippen LogP contribution in [0.25, 0.3) is 11.1 Å². The van der Waals surface area contributed by atoms with E-state index in [1.807, 2.05) is 25.1 Å². The minimum absolute atomic E-state index is 0.488. The Balaban J connectivity index is 1.85. The minimum atomic E-state index is 0.488. The van der Waals surface area contributed by atoms with E-state index in [-0.39, 0.29) is 0 Å². The first-order valence-electron chi connectivity index (χ1n) is 8.63. The van der Waals surface area contributed by atoms with Crippen molar-refractivity contribution in [3.8, 4) is 28.4 Å². The Hall–Kier alpha value is -2.94. The summed E-state index contributed by atoms with van der Waals surface area (Å²) in [6, 6.07) is 20.5. The molecule has 3 heteroatoms. The Morgan fingerprint density at radius 2 is 1.38 bits per heavy atom. The topological polar surface area (TPSA) is 27.7 Å². The van der Waals surface area contributed by atoms with Crippen LogP contribution in [0.4, 0.5) is 0 Å². The summed E-state index contributed by atoms with van der Waals surface area (Å²) in [5.41, 5.74) is 5.79. The second-order valence-corrected chi connectivity index (χ2v) is 6.20. The van der Waals surface area contributed by atoms with Gasteiger partial charge in [0.25, 0.3) is 0 Å². The molecule has 0 bridgehead atoms. The van der Waals surface area contributed by atoms with Gasteiger partial charge in [0.15, 0.2) is 0 Å². The molecule has 0 spiro atoms. The summed E-state index contributed by atoms with van der Waals surface area (Å²) >= 11 is 0. The molecule has 26 heavy (non-hydrogen) atoms. The van der Waals surface area contributed by atoms with Gasteiger partial charge in [-0.2, -0.15) is 0 Å². The molecule has 0 aliphatic rings. The average Bonchev–Trinajstić information content (AvgIpc) is 2.68. The van der Waals surface area contributed by atoms with Gasteiger partial charge in [0.05, 0.1) is 14.2 Å². The summed E-state index contributed by atoms with van der Waals surface area (Å²) in [6.45, 7) is 4.59. The maximum Gasteiger partial charge on any atom is 0.129 e. The molecule has 0 aliphatic heterocycles. The van der Waals surface area contributed by atoms with Gasteiger partial charge in [0.1, 0.15) is 23.9 Å². The number of rotatable bonds is 6. The van der Waals surface area contributed by atoms with Gasteiger partial charge in [0, 0.05) is 17.7 Å². The normalized spacial score (nSPS) is 10.5. The Bertz CT molecular complexity index is 860. The first-order chi connectivity index (χ1) is 12.6. The van der Waals surface area contributed by atoms with E-state index in [0.29, 0.717) is 6.61 Å². The number of hydrogen-bond donors (Lipinski definition) is 0. The van der Waals surface area contributed by atoms with Crippen molar-refractivity contribution < 1.29 is 14.2 Å². The van der Waals surface area contributed by atoms with Crippen LogP contribution in [0.3, 0.4) is 0 Å². The van der Waals surface area contributed by atoms with Gasteiger partial charge >= 0.3 is 0 Å². The third-order valence-corrected chi connectivity index (χ3v) is 4.65. The summed E-state index contributed by atoms with van der Waals surface area (Å²) in [5.74, 6) is 2.25. The summed E-state index contributed by atoms with van der Waals surface area (Å²) in [5, 5.41) is 0. The highest BCUT2D eigenvalue weighted by Crippen LogP contribution is 2.34. The first-order valence-corrected chi connectivity index (χ1v) is 8.63. The van der Waals surface area contributed by atoms with Crippen molar-refractivity contribution in [3.05, 3.63) is 77.4 Å². The highest BCUT2D eigenvalue weighted by Gasteiger charge is 2.11. The number of ether oxygens (including phenoxy) is 3. The van der Waals surface area contributed by atoms with Gasteiger partial charge in [0.2, 0.25) is 0 Å². The lowest BCUT2D eigenvalue weighted by atomic mass is 9.97. The fourth-order valence-corrected chi connectivity index (χ4v) is 3.08. The predicted octanol–water partition coefficient (Wildman–Crippen LogP) is 5.57. The van der Waals surface area contributed by atoms with Gasteiger partial charge in [-0.15, -0.1) is 0 Å². The SMILES string of the molecule is COc1cc(OCc2cccc(-c3ccccc3)c2C)cc(OC)c1C. The van der Waals surface area contributed by atoms with E-state index in [2.05, 4.69) is 49.4 Å². The first kappa shape index (κ1) is 17.9. The molecule has 0 saturated carbocycles. The molecule has 3 aromatic rings. The van der Waals surface area contributed by atoms with Gasteiger partial charge in [-0.05, 0) is 36.1 Å². The quantitative estimate of drug-likeness (QED) is 0.583. The molecular formula is C23H24O3. The molecule has 0 radical (unpaired) electrons. The Labute approximate surface area is 155 Å². The molecule has 134 valence electrons. The molecule has 0 saturated heterocycles. The van der Waals surface area contributed by atoms with Crippen LogP contribution < -0.4 is 14.2 Å². The summed E-state index contributed by atoms with van der Waals surface area (Å²) in [4.78, 5) is 0. The van der Waals surface area contributed by atoms with E-state index < -0.39 is 0 Å². The van der Waals surface area contributed by atoms with Gasteiger partial charge < -0.3 is 14.2 Å². The molecule has 0 aliphatic carbocycles. The van der Waals surface area contributed by atoms with Crippen molar-refractivity contribution in [2.24, 2.45) is 0 Å². The summed E-state index contributed by atoms with van der Waals surface area (Å²) in [7, 11) is 3.30. The standard InChI is InChI=1S/C23H24O3/c1-16-19(11-8-12-21(16)18-9-6-5-7-10-18)15-26-20-13-22(24-3)17(2)23(14-20)25-4/h5-14H,15H2,1-4H3. The number of hydrogen-bond acceptors (Lipinski definition) is 3. The van der Waals surface area contributed by atoms with E-state index >= 15 is 0 Å². The van der Waals surface area contributed by atoms with E-state index in [1.165, 1.54) is 16.7 Å². The highest BCUT2D eigenvalue weighted by molar-refractivity contribution is 5.68. The van der Waals surface area contributed by atoms with Crippen LogP contribution in [0.5, 0.6) is 17.2 Å². The summed E-state index contributed by atoms with van der Waals surface area (Å²) in [6.07, 6.45) is 0. The van der Waals surface area contributed by atoms with E-state index in [0.717, 1.165) is 28.4 Å². The Morgan fingerprint density at radius 1 is 0.731 bits per heavy atom. The van der Waals surface area contributed by atoms with Crippen molar-refractivity contribution in [1.82, 2.24) is 0 Å². The van der Waals surface area contributed by atoms with Gasteiger partial charge in [-0.3, -0.25) is 0 Å². The third kappa shape index (κ3) is 3.67. The fraction of sp³-hybridized carbons (Fsp3) is 0.217. The van der Waals surface area contributed by atoms with E-state index in [9.17, 15) is 0 Å². The lowest BCUT2D eigenvalue weighted by Gasteiger charge is -2.15. The zero-order valence-electron chi connectivity index (χ0n) is 15.7. The van der Waals surface area contributed by atoms with Gasteiger partial charge in [-0.1, -0.05) is 48.5 Å². The maximum absolute atomic E-state index is 6.04. The van der Waals surface area contributed by atoms with Crippen LogP contribution >= 0.6 is 0 Å². The third-order valence-electron chi connectivity index (χ3n) is 4.65. The van der Waals surface area contributed by atoms with Crippen LogP contribution in [0.2, 0.25) is 0 Å². The maximum atomic E-state index is 6.04. The van der Waals surface area contributed by atoms with Crippen LogP contribution in [-0.2, 0) is 6.61 Å². The average molecular weight is 348 g/mol. The minimum Gasteiger partial charge on any atom is -0.496 e. The molecule has 0 heterocycles. The van der Waals surface area contributed by atoms with Crippen LogP contribution in [0.1, 0.15) is 16.7 Å². The fourth-order valence-electron chi connectivity index (χ4n) is 3.08. The molecular weight excluding hydrogens is 324 g/mol. The molecule has 0 unspecified atom stereocenters. The van der Waals surface area contributed by atoms with Gasteiger partial charge in [-0.25, -0.2) is 0 Å². The van der Waals surface area contributed by atoms with Crippen molar-refractivity contribution >= 4 is 0 Å².